The van der Waals surface area contributed by atoms with E-state index in [0.717, 1.165) is 6.08 Å². The van der Waals surface area contributed by atoms with Crippen LogP contribution in [-0.4, -0.2) is 18.6 Å². The molecular formula is C13H8BrNO4S2. The monoisotopic (exact) mass is 385 g/mol. The summed E-state index contributed by atoms with van der Waals surface area (Å²) in [5.74, 6) is -0.771. The van der Waals surface area contributed by atoms with Crippen LogP contribution in [0, 0.1) is 11.3 Å². The third-order valence-corrected chi connectivity index (χ3v) is 5.67. The number of hydrogen-bond donors (Lipinski definition) is 2. The fourth-order valence-corrected chi connectivity index (χ4v) is 4.20. The summed E-state index contributed by atoms with van der Waals surface area (Å²) in [7, 11) is -3.89. The van der Waals surface area contributed by atoms with Crippen molar-refractivity contribution in [3.05, 3.63) is 43.9 Å². The molecule has 2 rings (SSSR count). The highest BCUT2D eigenvalue weighted by molar-refractivity contribution is 9.10. The second-order valence-electron chi connectivity index (χ2n) is 3.95. The normalized spacial score (nSPS) is 12.1. The first-order valence-electron chi connectivity index (χ1n) is 5.47. The lowest BCUT2D eigenvalue weighted by atomic mass is 10.2. The minimum atomic E-state index is -3.89. The van der Waals surface area contributed by atoms with Gasteiger partial charge in [-0.25, -0.2) is 8.42 Å². The Morgan fingerprint density at radius 3 is 2.62 bits per heavy atom. The predicted molar refractivity (Wildman–Crippen MR) is 82.6 cm³/mol. The molecule has 1 aromatic carbocycles. The molecule has 0 aliphatic rings. The maximum Gasteiger partial charge on any atom is 0.217 e. The first-order valence-corrected chi connectivity index (χ1v) is 8.68. The van der Waals surface area contributed by atoms with Crippen molar-refractivity contribution in [2.24, 2.45) is 0 Å². The predicted octanol–water partition coefficient (Wildman–Crippen LogP) is 3.26. The molecule has 1 heterocycles. The quantitative estimate of drug-likeness (QED) is 0.623. The molecule has 0 saturated carbocycles. The maximum atomic E-state index is 12.3. The van der Waals surface area contributed by atoms with Gasteiger partial charge in [-0.05, 0) is 51.1 Å². The zero-order valence-corrected chi connectivity index (χ0v) is 13.5. The number of phenols is 2. The van der Waals surface area contributed by atoms with Crippen LogP contribution in [0.4, 0.5) is 0 Å². The number of phenolic OH excluding ortho intramolecular Hbond substituents is 2. The summed E-state index contributed by atoms with van der Waals surface area (Å²) >= 11 is 4.24. The van der Waals surface area contributed by atoms with E-state index in [-0.39, 0.29) is 20.7 Å². The number of allylic oxidation sites excluding steroid dienone is 1. The van der Waals surface area contributed by atoms with Crippen molar-refractivity contribution in [3.63, 3.8) is 0 Å². The number of benzene rings is 1. The lowest BCUT2D eigenvalue weighted by molar-refractivity contribution is 0.401. The van der Waals surface area contributed by atoms with Gasteiger partial charge in [0.25, 0.3) is 0 Å². The van der Waals surface area contributed by atoms with Crippen LogP contribution in [0.5, 0.6) is 11.5 Å². The smallest absolute Gasteiger partial charge is 0.217 e. The Morgan fingerprint density at radius 2 is 2.10 bits per heavy atom. The van der Waals surface area contributed by atoms with Gasteiger partial charge >= 0.3 is 0 Å². The SMILES string of the molecule is N#C/C(=C/c1cc(O)c(O)c(Br)c1)S(=O)(=O)c1ccsc1. The molecular weight excluding hydrogens is 378 g/mol. The highest BCUT2D eigenvalue weighted by atomic mass is 79.9. The largest absolute Gasteiger partial charge is 0.504 e. The van der Waals surface area contributed by atoms with Gasteiger partial charge in [0.15, 0.2) is 11.5 Å². The van der Waals surface area contributed by atoms with Crippen molar-refractivity contribution in [3.8, 4) is 17.6 Å². The Balaban J connectivity index is 2.55. The summed E-state index contributed by atoms with van der Waals surface area (Å²) in [6.07, 6.45) is 1.14. The summed E-state index contributed by atoms with van der Waals surface area (Å²) < 4.78 is 24.7. The van der Waals surface area contributed by atoms with Gasteiger partial charge in [-0.15, -0.1) is 0 Å². The number of sulfone groups is 1. The van der Waals surface area contributed by atoms with E-state index in [1.807, 2.05) is 0 Å². The molecule has 5 nitrogen and oxygen atoms in total. The van der Waals surface area contributed by atoms with Gasteiger partial charge < -0.3 is 10.2 Å². The third-order valence-electron chi connectivity index (χ3n) is 2.57. The molecule has 1 aromatic heterocycles. The average Bonchev–Trinajstić information content (AvgIpc) is 2.96. The van der Waals surface area contributed by atoms with Crippen molar-refractivity contribution in [1.29, 1.82) is 5.26 Å². The van der Waals surface area contributed by atoms with Crippen LogP contribution in [-0.2, 0) is 9.84 Å². The molecule has 0 atom stereocenters. The van der Waals surface area contributed by atoms with Crippen LogP contribution in [0.15, 0.2) is 43.2 Å². The molecule has 0 saturated heterocycles. The van der Waals surface area contributed by atoms with E-state index in [1.54, 1.807) is 11.4 Å². The number of hydrogen-bond acceptors (Lipinski definition) is 6. The van der Waals surface area contributed by atoms with Crippen molar-refractivity contribution >= 4 is 43.2 Å². The summed E-state index contributed by atoms with van der Waals surface area (Å²) in [6.45, 7) is 0. The van der Waals surface area contributed by atoms with Gasteiger partial charge in [-0.1, -0.05) is 0 Å². The Morgan fingerprint density at radius 1 is 1.38 bits per heavy atom. The Hall–Kier alpha value is -1.82. The first-order chi connectivity index (χ1) is 9.86. The Labute approximate surface area is 133 Å². The van der Waals surface area contributed by atoms with Crippen LogP contribution < -0.4 is 0 Å². The van der Waals surface area contributed by atoms with Gasteiger partial charge in [-0.3, -0.25) is 0 Å². The van der Waals surface area contributed by atoms with Crippen molar-refractivity contribution < 1.29 is 18.6 Å². The summed E-state index contributed by atoms with van der Waals surface area (Å²) in [5, 5.41) is 31.1. The van der Waals surface area contributed by atoms with E-state index < -0.39 is 20.5 Å². The first kappa shape index (κ1) is 15.6. The Bertz CT molecular complexity index is 826. The molecule has 21 heavy (non-hydrogen) atoms. The summed E-state index contributed by atoms with van der Waals surface area (Å²) in [5.41, 5.74) is 0.271. The number of aromatic hydroxyl groups is 2. The number of nitrogens with zero attached hydrogens (tertiary/aromatic N) is 1. The molecule has 0 unspecified atom stereocenters. The van der Waals surface area contributed by atoms with Crippen LogP contribution in [0.3, 0.4) is 0 Å². The molecule has 0 amide bonds. The summed E-state index contributed by atoms with van der Waals surface area (Å²) in [4.78, 5) is -0.403. The van der Waals surface area contributed by atoms with E-state index in [0.29, 0.717) is 0 Å². The molecule has 2 aromatic rings. The van der Waals surface area contributed by atoms with Gasteiger partial charge in [0, 0.05) is 5.38 Å². The zero-order chi connectivity index (χ0) is 15.6. The molecule has 0 aliphatic heterocycles. The molecule has 0 fully saturated rings. The average molecular weight is 386 g/mol. The van der Waals surface area contributed by atoms with E-state index in [1.165, 1.54) is 34.9 Å². The van der Waals surface area contributed by atoms with Crippen LogP contribution in [0.2, 0.25) is 0 Å². The van der Waals surface area contributed by atoms with Crippen molar-refractivity contribution in [1.82, 2.24) is 0 Å². The number of thiophene rings is 1. The van der Waals surface area contributed by atoms with Gasteiger partial charge in [0.05, 0.1) is 9.37 Å². The third kappa shape index (κ3) is 3.10. The van der Waals surface area contributed by atoms with Crippen molar-refractivity contribution in [2.75, 3.05) is 0 Å². The number of halogens is 1. The molecule has 2 N–H and O–H groups in total. The molecule has 0 spiro atoms. The Kier molecular flexibility index (Phi) is 4.37. The number of rotatable bonds is 3. The lowest BCUT2D eigenvalue weighted by Crippen LogP contribution is -2.02. The van der Waals surface area contributed by atoms with Gasteiger partial charge in [0.2, 0.25) is 9.84 Å². The molecule has 8 heteroatoms. The topological polar surface area (TPSA) is 98.4 Å². The minimum Gasteiger partial charge on any atom is -0.504 e. The fourth-order valence-electron chi connectivity index (χ4n) is 1.54. The van der Waals surface area contributed by atoms with E-state index in [2.05, 4.69) is 15.9 Å². The van der Waals surface area contributed by atoms with Gasteiger partial charge in [0.1, 0.15) is 11.0 Å². The van der Waals surface area contributed by atoms with E-state index in [9.17, 15) is 18.6 Å². The van der Waals surface area contributed by atoms with Crippen LogP contribution in [0.1, 0.15) is 5.56 Å². The molecule has 0 radical (unpaired) electrons. The fraction of sp³-hybridized carbons (Fsp3) is 0. The highest BCUT2D eigenvalue weighted by Crippen LogP contribution is 2.35. The lowest BCUT2D eigenvalue weighted by Gasteiger charge is -2.04. The van der Waals surface area contributed by atoms with E-state index >= 15 is 0 Å². The molecule has 0 bridgehead atoms. The standard InChI is InChI=1S/C13H8BrNO4S2/c14-11-4-8(5-12(16)13(11)17)3-10(6-15)21(18,19)9-1-2-20-7-9/h1-5,7,16-17H/b10-3-. The zero-order valence-electron chi connectivity index (χ0n) is 10.3. The molecule has 108 valence electrons. The molecule has 0 aliphatic carbocycles. The van der Waals surface area contributed by atoms with Gasteiger partial charge in [-0.2, -0.15) is 16.6 Å². The number of nitriles is 1. The van der Waals surface area contributed by atoms with Crippen molar-refractivity contribution in [2.45, 2.75) is 4.90 Å². The minimum absolute atomic E-state index is 0.0439. The maximum absolute atomic E-state index is 12.3. The highest BCUT2D eigenvalue weighted by Gasteiger charge is 2.21. The van der Waals surface area contributed by atoms with Crippen LogP contribution in [0.25, 0.3) is 6.08 Å². The van der Waals surface area contributed by atoms with E-state index in [4.69, 9.17) is 5.26 Å². The second-order valence-corrected chi connectivity index (χ2v) is 7.51. The second kappa shape index (κ2) is 5.89. The summed E-state index contributed by atoms with van der Waals surface area (Å²) in [6, 6.07) is 5.63. The van der Waals surface area contributed by atoms with Crippen LogP contribution >= 0.6 is 27.3 Å².